The van der Waals surface area contributed by atoms with Gasteiger partial charge >= 0.3 is 12.1 Å². The number of fused-ring (bicyclic) bond motifs is 1. The lowest BCUT2D eigenvalue weighted by Gasteiger charge is -2.42. The summed E-state index contributed by atoms with van der Waals surface area (Å²) in [4.78, 5) is 31.9. The highest BCUT2D eigenvalue weighted by molar-refractivity contribution is 6.30. The van der Waals surface area contributed by atoms with E-state index < -0.39 is 5.60 Å². The molecule has 188 valence electrons. The van der Waals surface area contributed by atoms with Gasteiger partial charge in [-0.2, -0.15) is 0 Å². The average Bonchev–Trinajstić information content (AvgIpc) is 2.76. The zero-order chi connectivity index (χ0) is 24.7. The monoisotopic (exact) mass is 493 g/mol. The number of carbonyl (C=O) groups excluding carboxylic acids is 2. The predicted molar refractivity (Wildman–Crippen MR) is 129 cm³/mol. The Hall–Kier alpha value is -2.03. The number of ether oxygens (including phenoxy) is 3. The van der Waals surface area contributed by atoms with E-state index in [1.165, 1.54) is 0 Å². The number of urea groups is 1. The van der Waals surface area contributed by atoms with Crippen molar-refractivity contribution >= 4 is 23.7 Å². The van der Waals surface area contributed by atoms with Crippen molar-refractivity contribution in [2.45, 2.75) is 64.8 Å². The normalized spacial score (nSPS) is 22.9. The fourth-order valence-corrected chi connectivity index (χ4v) is 5.15. The Balaban J connectivity index is 1.60. The van der Waals surface area contributed by atoms with Crippen LogP contribution in [0.2, 0.25) is 5.02 Å². The van der Waals surface area contributed by atoms with Crippen LogP contribution in [0.15, 0.2) is 12.1 Å². The van der Waals surface area contributed by atoms with Crippen molar-refractivity contribution in [2.24, 2.45) is 0 Å². The summed E-state index contributed by atoms with van der Waals surface area (Å²) in [6.45, 7) is 13.6. The molecule has 0 aromatic heterocycles. The van der Waals surface area contributed by atoms with E-state index in [0.717, 1.165) is 16.7 Å². The summed E-state index contributed by atoms with van der Waals surface area (Å²) in [5.74, 6) is 0. The van der Waals surface area contributed by atoms with Gasteiger partial charge in [0, 0.05) is 31.2 Å². The van der Waals surface area contributed by atoms with E-state index in [1.807, 2.05) is 56.6 Å². The zero-order valence-electron chi connectivity index (χ0n) is 20.9. The van der Waals surface area contributed by atoms with Crippen LogP contribution < -0.4 is 0 Å². The first-order chi connectivity index (χ1) is 15.9. The van der Waals surface area contributed by atoms with Gasteiger partial charge in [0.05, 0.1) is 38.0 Å². The molecule has 4 rings (SSSR count). The lowest BCUT2D eigenvalue weighted by Crippen LogP contribution is -2.55. The Morgan fingerprint density at radius 1 is 1.12 bits per heavy atom. The summed E-state index contributed by atoms with van der Waals surface area (Å²) in [5.41, 5.74) is 2.13. The molecule has 1 aromatic carbocycles. The van der Waals surface area contributed by atoms with Crippen LogP contribution in [0.25, 0.3) is 0 Å². The molecule has 0 bridgehead atoms. The van der Waals surface area contributed by atoms with Gasteiger partial charge in [-0.15, -0.1) is 0 Å². The Morgan fingerprint density at radius 2 is 1.88 bits per heavy atom. The summed E-state index contributed by atoms with van der Waals surface area (Å²) in [5, 5.41) is 0.623. The van der Waals surface area contributed by atoms with Gasteiger partial charge in [-0.1, -0.05) is 11.6 Å². The molecule has 0 aliphatic carbocycles. The minimum Gasteiger partial charge on any atom is -0.444 e. The number of rotatable bonds is 1. The minimum absolute atomic E-state index is 0.0202. The third-order valence-electron chi connectivity index (χ3n) is 6.42. The molecule has 1 atom stereocenters. The van der Waals surface area contributed by atoms with Crippen molar-refractivity contribution in [1.82, 2.24) is 14.7 Å². The second-order valence-corrected chi connectivity index (χ2v) is 11.3. The Kier molecular flexibility index (Phi) is 7.04. The average molecular weight is 494 g/mol. The molecule has 1 aromatic rings. The first-order valence-electron chi connectivity index (χ1n) is 12.0. The van der Waals surface area contributed by atoms with E-state index in [2.05, 4.69) is 0 Å². The molecular weight excluding hydrogens is 458 g/mol. The second-order valence-electron chi connectivity index (χ2n) is 10.9. The zero-order valence-corrected chi connectivity index (χ0v) is 21.6. The maximum Gasteiger partial charge on any atom is 0.410 e. The Morgan fingerprint density at radius 3 is 2.59 bits per heavy atom. The van der Waals surface area contributed by atoms with Crippen LogP contribution >= 0.6 is 11.6 Å². The summed E-state index contributed by atoms with van der Waals surface area (Å²) in [7, 11) is 0. The van der Waals surface area contributed by atoms with Crippen LogP contribution in [0.5, 0.6) is 0 Å². The van der Waals surface area contributed by atoms with Gasteiger partial charge in [0.15, 0.2) is 0 Å². The number of nitrogens with zero attached hydrogens (tertiary/aromatic N) is 3. The Labute approximate surface area is 207 Å². The van der Waals surface area contributed by atoms with Crippen LogP contribution in [0, 0.1) is 0 Å². The number of carbonyl (C=O) groups is 2. The lowest BCUT2D eigenvalue weighted by atomic mass is 9.90. The highest BCUT2D eigenvalue weighted by Crippen LogP contribution is 2.35. The first-order valence-corrected chi connectivity index (χ1v) is 12.4. The highest BCUT2D eigenvalue weighted by atomic mass is 35.5. The molecule has 8 nitrogen and oxygen atoms in total. The van der Waals surface area contributed by atoms with Crippen molar-refractivity contribution in [3.05, 3.63) is 33.8 Å². The molecule has 0 N–H and O–H groups in total. The number of morpholine rings is 2. The SMILES string of the molecule is CC(C)(C)OC(=O)N1CCOCC1c1cc(Cl)cc2c1CN(C(=O)N1CCOC(C)(C)C1)CC2. The largest absolute Gasteiger partial charge is 0.444 e. The number of benzene rings is 1. The number of hydrogen-bond donors (Lipinski definition) is 0. The fourth-order valence-electron chi connectivity index (χ4n) is 4.90. The molecule has 9 heteroatoms. The van der Waals surface area contributed by atoms with Crippen LogP contribution in [0.4, 0.5) is 9.59 Å². The summed E-state index contributed by atoms with van der Waals surface area (Å²) < 4.78 is 17.2. The van der Waals surface area contributed by atoms with Crippen LogP contribution in [0.3, 0.4) is 0 Å². The van der Waals surface area contributed by atoms with Gasteiger partial charge in [0.1, 0.15) is 5.60 Å². The molecule has 3 aliphatic heterocycles. The molecule has 0 radical (unpaired) electrons. The molecule has 34 heavy (non-hydrogen) atoms. The summed E-state index contributed by atoms with van der Waals surface area (Å²) in [6, 6.07) is 3.57. The van der Waals surface area contributed by atoms with E-state index in [4.69, 9.17) is 25.8 Å². The second kappa shape index (κ2) is 9.55. The topological polar surface area (TPSA) is 71.5 Å². The smallest absolute Gasteiger partial charge is 0.410 e. The van der Waals surface area contributed by atoms with Gasteiger partial charge in [-0.3, -0.25) is 4.90 Å². The van der Waals surface area contributed by atoms with Crippen molar-refractivity contribution in [3.8, 4) is 0 Å². The maximum atomic E-state index is 13.4. The first kappa shape index (κ1) is 25.1. The fraction of sp³-hybridized carbons (Fsp3) is 0.680. The number of amides is 3. The molecule has 3 amide bonds. The molecule has 0 spiro atoms. The standard InChI is InChI=1S/C25H36ClN3O5/c1-24(2,3)34-23(31)29-9-10-32-15-21(29)19-13-18(26)12-17-6-7-27(14-20(17)19)22(30)28-8-11-33-25(4,5)16-28/h12-13,21H,6-11,14-16H2,1-5H3. The van der Waals surface area contributed by atoms with Gasteiger partial charge in [0.25, 0.3) is 0 Å². The van der Waals surface area contributed by atoms with Crippen molar-refractivity contribution < 1.29 is 23.8 Å². The van der Waals surface area contributed by atoms with E-state index >= 15 is 0 Å². The molecule has 2 saturated heterocycles. The van der Waals surface area contributed by atoms with Crippen molar-refractivity contribution in [1.29, 1.82) is 0 Å². The van der Waals surface area contributed by atoms with Crippen molar-refractivity contribution in [3.63, 3.8) is 0 Å². The van der Waals surface area contributed by atoms with Crippen molar-refractivity contribution in [2.75, 3.05) is 46.0 Å². The summed E-state index contributed by atoms with van der Waals surface area (Å²) in [6.07, 6.45) is 0.344. The van der Waals surface area contributed by atoms with E-state index in [9.17, 15) is 9.59 Å². The maximum absolute atomic E-state index is 13.4. The molecule has 1 unspecified atom stereocenters. The summed E-state index contributed by atoms with van der Waals surface area (Å²) >= 11 is 6.51. The molecule has 3 heterocycles. The molecule has 2 fully saturated rings. The molecule has 0 saturated carbocycles. The quantitative estimate of drug-likeness (QED) is 0.585. The number of halogens is 1. The molecular formula is C25H36ClN3O5. The van der Waals surface area contributed by atoms with Crippen LogP contribution in [-0.2, 0) is 27.2 Å². The molecule has 3 aliphatic rings. The van der Waals surface area contributed by atoms with E-state index in [-0.39, 0.29) is 23.8 Å². The van der Waals surface area contributed by atoms with Gasteiger partial charge in [-0.25, -0.2) is 9.59 Å². The van der Waals surface area contributed by atoms with Crippen LogP contribution in [0.1, 0.15) is 57.4 Å². The minimum atomic E-state index is -0.594. The van der Waals surface area contributed by atoms with E-state index in [1.54, 1.807) is 4.90 Å². The Bertz CT molecular complexity index is 945. The van der Waals surface area contributed by atoms with Gasteiger partial charge in [-0.05, 0) is 69.9 Å². The van der Waals surface area contributed by atoms with Gasteiger partial charge < -0.3 is 24.0 Å². The van der Waals surface area contributed by atoms with Crippen LogP contribution in [-0.4, -0.2) is 84.0 Å². The predicted octanol–water partition coefficient (Wildman–Crippen LogP) is 4.24. The third-order valence-corrected chi connectivity index (χ3v) is 6.64. The highest BCUT2D eigenvalue weighted by Gasteiger charge is 2.37. The van der Waals surface area contributed by atoms with E-state index in [0.29, 0.717) is 64.0 Å². The third kappa shape index (κ3) is 5.61. The lowest BCUT2D eigenvalue weighted by molar-refractivity contribution is -0.0767. The van der Waals surface area contributed by atoms with Gasteiger partial charge in [0.2, 0.25) is 0 Å². The number of hydrogen-bond acceptors (Lipinski definition) is 5.